The lowest BCUT2D eigenvalue weighted by Crippen LogP contribution is -2.39. The summed E-state index contributed by atoms with van der Waals surface area (Å²) in [5, 5.41) is 6.24. The maximum Gasteiger partial charge on any atom is 0.422 e. The zero-order valence-electron chi connectivity index (χ0n) is 17.5. The van der Waals surface area contributed by atoms with Gasteiger partial charge >= 0.3 is 6.18 Å². The minimum atomic E-state index is -4.40. The van der Waals surface area contributed by atoms with Crippen LogP contribution in [0, 0.1) is 0 Å². The molecule has 0 fully saturated rings. The number of guanidine groups is 1. The first-order valence-electron chi connectivity index (χ1n) is 9.76. The summed E-state index contributed by atoms with van der Waals surface area (Å²) in [5.74, 6) is 0.507. The smallest absolute Gasteiger partial charge is 0.422 e. The third-order valence-corrected chi connectivity index (χ3v) is 3.50. The number of unbranched alkanes of at least 4 members (excludes halogenated alkanes) is 1. The molecule has 0 aromatic carbocycles. The lowest BCUT2D eigenvalue weighted by Gasteiger charge is -2.12. The van der Waals surface area contributed by atoms with E-state index in [0.29, 0.717) is 44.4 Å². The Morgan fingerprint density at radius 3 is 2.50 bits per heavy atom. The molecule has 0 spiro atoms. The number of aliphatic imine (C=N–C) groups is 1. The van der Waals surface area contributed by atoms with Crippen molar-refractivity contribution in [3.63, 3.8) is 0 Å². The van der Waals surface area contributed by atoms with Crippen molar-refractivity contribution in [2.45, 2.75) is 39.4 Å². The molecule has 0 saturated heterocycles. The van der Waals surface area contributed by atoms with Gasteiger partial charge in [0.25, 0.3) is 0 Å². The van der Waals surface area contributed by atoms with E-state index in [9.17, 15) is 13.2 Å². The van der Waals surface area contributed by atoms with Gasteiger partial charge in [-0.05, 0) is 25.0 Å². The van der Waals surface area contributed by atoms with Crippen molar-refractivity contribution in [2.75, 3.05) is 46.1 Å². The predicted molar refractivity (Wildman–Crippen MR) is 121 cm³/mol. The standard InChI is InChI=1S/C19H31F3N4O3.HI/c1-3-5-9-27-11-12-28-10-8-25-18(23-4-2)26-14-16-6-7-24-17(13-16)29-15-19(20,21)22;/h6-7,13H,3-5,8-12,14-15H2,1-2H3,(H2,23,25,26);1H. The van der Waals surface area contributed by atoms with Crippen LogP contribution in [0.25, 0.3) is 0 Å². The summed E-state index contributed by atoms with van der Waals surface area (Å²) in [6, 6.07) is 3.12. The Hall–Kier alpha value is -1.34. The van der Waals surface area contributed by atoms with E-state index in [2.05, 4.69) is 32.3 Å². The fraction of sp³-hybridized carbons (Fsp3) is 0.684. The molecule has 1 heterocycles. The topological polar surface area (TPSA) is 77.0 Å². The summed E-state index contributed by atoms with van der Waals surface area (Å²) >= 11 is 0. The van der Waals surface area contributed by atoms with Crippen LogP contribution >= 0.6 is 24.0 Å². The van der Waals surface area contributed by atoms with Crippen LogP contribution < -0.4 is 15.4 Å². The van der Waals surface area contributed by atoms with E-state index in [-0.39, 0.29) is 36.4 Å². The average molecular weight is 548 g/mol. The van der Waals surface area contributed by atoms with Gasteiger partial charge in [-0.15, -0.1) is 24.0 Å². The third-order valence-electron chi connectivity index (χ3n) is 3.50. The Bertz CT molecular complexity index is 592. The molecule has 0 amide bonds. The summed E-state index contributed by atoms with van der Waals surface area (Å²) in [6.45, 7) is 6.57. The van der Waals surface area contributed by atoms with Gasteiger partial charge in [0.05, 0.1) is 26.4 Å². The Balaban J connectivity index is 0.00000841. The van der Waals surface area contributed by atoms with Gasteiger partial charge in [-0.2, -0.15) is 13.2 Å². The van der Waals surface area contributed by atoms with E-state index in [1.54, 1.807) is 6.07 Å². The number of nitrogens with one attached hydrogen (secondary N) is 2. The minimum absolute atomic E-state index is 0. The van der Waals surface area contributed by atoms with Gasteiger partial charge < -0.3 is 24.8 Å². The number of pyridine rings is 1. The number of rotatable bonds is 14. The maximum absolute atomic E-state index is 12.2. The van der Waals surface area contributed by atoms with Crippen molar-refractivity contribution in [3.05, 3.63) is 23.9 Å². The zero-order valence-corrected chi connectivity index (χ0v) is 19.8. The van der Waals surface area contributed by atoms with Gasteiger partial charge in [0.1, 0.15) is 0 Å². The van der Waals surface area contributed by atoms with Crippen LogP contribution in [0.4, 0.5) is 13.2 Å². The molecular weight excluding hydrogens is 516 g/mol. The number of hydrogen-bond donors (Lipinski definition) is 2. The highest BCUT2D eigenvalue weighted by atomic mass is 127. The van der Waals surface area contributed by atoms with Crippen LogP contribution in [0.3, 0.4) is 0 Å². The molecule has 30 heavy (non-hydrogen) atoms. The lowest BCUT2D eigenvalue weighted by atomic mass is 10.3. The summed E-state index contributed by atoms with van der Waals surface area (Å²) < 4.78 is 52.3. The Kier molecular flexibility index (Phi) is 16.6. The highest BCUT2D eigenvalue weighted by Gasteiger charge is 2.28. The Labute approximate surface area is 193 Å². The average Bonchev–Trinajstić information content (AvgIpc) is 2.69. The SMILES string of the molecule is CCCCOCCOCCNC(=NCc1ccnc(OCC(F)(F)F)c1)NCC.I. The monoisotopic (exact) mass is 548 g/mol. The molecule has 0 saturated carbocycles. The van der Waals surface area contributed by atoms with Gasteiger partial charge in [0, 0.05) is 32.0 Å². The highest BCUT2D eigenvalue weighted by Crippen LogP contribution is 2.17. The van der Waals surface area contributed by atoms with E-state index in [4.69, 9.17) is 9.47 Å². The summed E-state index contributed by atoms with van der Waals surface area (Å²) in [5.41, 5.74) is 0.690. The van der Waals surface area contributed by atoms with Crippen molar-refractivity contribution in [3.8, 4) is 5.88 Å². The van der Waals surface area contributed by atoms with E-state index in [1.165, 1.54) is 12.3 Å². The second kappa shape index (κ2) is 17.4. The second-order valence-electron chi connectivity index (χ2n) is 6.11. The lowest BCUT2D eigenvalue weighted by molar-refractivity contribution is -0.154. The van der Waals surface area contributed by atoms with Crippen LogP contribution in [0.15, 0.2) is 23.3 Å². The first-order valence-corrected chi connectivity index (χ1v) is 9.76. The van der Waals surface area contributed by atoms with E-state index in [0.717, 1.165) is 19.4 Å². The minimum Gasteiger partial charge on any atom is -0.468 e. The second-order valence-corrected chi connectivity index (χ2v) is 6.11. The van der Waals surface area contributed by atoms with Crippen LogP contribution in [-0.4, -0.2) is 63.2 Å². The molecule has 0 radical (unpaired) electrons. The fourth-order valence-corrected chi connectivity index (χ4v) is 2.11. The highest BCUT2D eigenvalue weighted by molar-refractivity contribution is 14.0. The van der Waals surface area contributed by atoms with Gasteiger partial charge in [0.2, 0.25) is 5.88 Å². The van der Waals surface area contributed by atoms with Crippen LogP contribution in [-0.2, 0) is 16.0 Å². The Morgan fingerprint density at radius 2 is 1.83 bits per heavy atom. The molecule has 0 aliphatic heterocycles. The number of aromatic nitrogens is 1. The third kappa shape index (κ3) is 15.5. The summed E-state index contributed by atoms with van der Waals surface area (Å²) in [6.07, 6.45) is -0.842. The molecule has 0 bridgehead atoms. The first kappa shape index (κ1) is 28.7. The number of hydrogen-bond acceptors (Lipinski definition) is 5. The van der Waals surface area contributed by atoms with Crippen LogP contribution in [0.1, 0.15) is 32.3 Å². The van der Waals surface area contributed by atoms with E-state index >= 15 is 0 Å². The van der Waals surface area contributed by atoms with Crippen molar-refractivity contribution in [1.82, 2.24) is 15.6 Å². The summed E-state index contributed by atoms with van der Waals surface area (Å²) in [7, 11) is 0. The molecule has 1 aromatic heterocycles. The predicted octanol–water partition coefficient (Wildman–Crippen LogP) is 3.53. The number of ether oxygens (including phenoxy) is 3. The molecule has 0 atom stereocenters. The molecular formula is C19H32F3IN4O3. The largest absolute Gasteiger partial charge is 0.468 e. The molecule has 2 N–H and O–H groups in total. The quantitative estimate of drug-likeness (QED) is 0.160. The molecule has 1 aromatic rings. The molecule has 1 rings (SSSR count). The molecule has 0 aliphatic rings. The van der Waals surface area contributed by atoms with Gasteiger partial charge in [-0.1, -0.05) is 13.3 Å². The normalized spacial score (nSPS) is 11.7. The van der Waals surface area contributed by atoms with Crippen LogP contribution in [0.5, 0.6) is 5.88 Å². The molecule has 11 heteroatoms. The van der Waals surface area contributed by atoms with E-state index < -0.39 is 12.8 Å². The summed E-state index contributed by atoms with van der Waals surface area (Å²) in [4.78, 5) is 8.19. The molecule has 7 nitrogen and oxygen atoms in total. The zero-order chi connectivity index (χ0) is 21.4. The first-order chi connectivity index (χ1) is 13.9. The van der Waals surface area contributed by atoms with Crippen molar-refractivity contribution in [1.29, 1.82) is 0 Å². The molecule has 0 aliphatic carbocycles. The van der Waals surface area contributed by atoms with Crippen molar-refractivity contribution < 1.29 is 27.4 Å². The fourth-order valence-electron chi connectivity index (χ4n) is 2.11. The van der Waals surface area contributed by atoms with Gasteiger partial charge in [-0.25, -0.2) is 9.98 Å². The van der Waals surface area contributed by atoms with E-state index in [1.807, 2.05) is 6.92 Å². The Morgan fingerprint density at radius 1 is 1.10 bits per heavy atom. The van der Waals surface area contributed by atoms with Crippen molar-refractivity contribution in [2.24, 2.45) is 4.99 Å². The van der Waals surface area contributed by atoms with Gasteiger partial charge in [0.15, 0.2) is 12.6 Å². The molecule has 174 valence electrons. The maximum atomic E-state index is 12.2. The van der Waals surface area contributed by atoms with Crippen LogP contribution in [0.2, 0.25) is 0 Å². The number of nitrogens with zero attached hydrogens (tertiary/aromatic N) is 2. The van der Waals surface area contributed by atoms with Crippen molar-refractivity contribution >= 4 is 29.9 Å². The van der Waals surface area contributed by atoms with Gasteiger partial charge in [-0.3, -0.25) is 0 Å². The number of alkyl halides is 3. The number of halogens is 4. The molecule has 0 unspecified atom stereocenters.